The van der Waals surface area contributed by atoms with E-state index in [1.54, 1.807) is 0 Å². The Kier molecular flexibility index (Phi) is 8.14. The fourth-order valence-corrected chi connectivity index (χ4v) is 35.8. The fraction of sp³-hybridized carbons (Fsp3) is 0.333. The van der Waals surface area contributed by atoms with E-state index in [1.807, 2.05) is 18.2 Å². The van der Waals surface area contributed by atoms with Gasteiger partial charge < -0.3 is 0 Å². The number of rotatable bonds is 6. The minimum absolute atomic E-state index is 0.300. The van der Waals surface area contributed by atoms with Gasteiger partial charge in [-0.25, -0.2) is 0 Å². The summed E-state index contributed by atoms with van der Waals surface area (Å²) in [6.45, 7) is 21.3. The molecule has 7 rings (SSSR count). The van der Waals surface area contributed by atoms with E-state index in [0.29, 0.717) is 24.2 Å². The van der Waals surface area contributed by atoms with Crippen molar-refractivity contribution in [2.75, 3.05) is 0 Å². The van der Waals surface area contributed by atoms with Gasteiger partial charge in [0.15, 0.2) is 0 Å². The van der Waals surface area contributed by atoms with Gasteiger partial charge >= 0.3 is 243 Å². The molecular formula is C39H50N4S2Si. The van der Waals surface area contributed by atoms with Gasteiger partial charge in [0, 0.05) is 0 Å². The fourth-order valence-electron chi connectivity index (χ4n) is 8.74. The molecule has 0 fully saturated rings. The maximum absolute atomic E-state index is 4.39. The SMILES string of the molecule is CC(C)N1C(c2ccccc2)=[N+](C(C)C)[Si-2]123(Sc1ccccc1S2)N(C(C)C)C(c1ccccc1)=[N+]3C(C)C.Cc1ccccc1. The van der Waals surface area contributed by atoms with Gasteiger partial charge in [-0.05, 0) is 6.92 Å². The van der Waals surface area contributed by atoms with Gasteiger partial charge in [-0.1, -0.05) is 35.9 Å². The topological polar surface area (TPSA) is 12.5 Å². The Morgan fingerprint density at radius 2 is 0.804 bits per heavy atom. The Morgan fingerprint density at radius 1 is 0.478 bits per heavy atom. The molecule has 0 atom stereocenters. The summed E-state index contributed by atoms with van der Waals surface area (Å²) in [6.07, 6.45) is 0. The molecule has 0 N–H and O–H groups in total. The van der Waals surface area contributed by atoms with E-state index in [0.717, 1.165) is 0 Å². The molecule has 46 heavy (non-hydrogen) atoms. The molecule has 0 amide bonds. The molecule has 3 aliphatic rings. The third-order valence-electron chi connectivity index (χ3n) is 9.58. The van der Waals surface area contributed by atoms with Crippen LogP contribution in [0, 0.1) is 6.92 Å². The number of amidine groups is 2. The Morgan fingerprint density at radius 3 is 1.09 bits per heavy atom. The van der Waals surface area contributed by atoms with Crippen LogP contribution in [0.1, 0.15) is 72.1 Å². The molecule has 7 heteroatoms. The number of hydrogen-bond donors (Lipinski definition) is 0. The van der Waals surface area contributed by atoms with Crippen LogP contribution in [0.25, 0.3) is 0 Å². The van der Waals surface area contributed by atoms with Crippen LogP contribution in [0.2, 0.25) is 0 Å². The number of benzene rings is 4. The first-order chi connectivity index (χ1) is 22.0. The molecule has 3 heterocycles. The third-order valence-corrected chi connectivity index (χ3v) is 29.1. The van der Waals surface area contributed by atoms with Gasteiger partial charge in [-0.15, -0.1) is 0 Å². The van der Waals surface area contributed by atoms with Gasteiger partial charge in [0.2, 0.25) is 0 Å². The van der Waals surface area contributed by atoms with Crippen molar-refractivity contribution in [3.05, 3.63) is 132 Å². The van der Waals surface area contributed by atoms with Crippen molar-refractivity contribution in [3.63, 3.8) is 0 Å². The molecule has 0 bridgehead atoms. The van der Waals surface area contributed by atoms with Gasteiger partial charge in [-0.2, -0.15) is 0 Å². The summed E-state index contributed by atoms with van der Waals surface area (Å²) in [4.78, 5) is 2.80. The summed E-state index contributed by atoms with van der Waals surface area (Å²) in [5, 5.41) is 0. The minimum atomic E-state index is -4.39. The van der Waals surface area contributed by atoms with E-state index in [9.17, 15) is 0 Å². The summed E-state index contributed by atoms with van der Waals surface area (Å²) in [7, 11) is 0. The van der Waals surface area contributed by atoms with Crippen molar-refractivity contribution in [1.82, 2.24) is 9.13 Å². The van der Waals surface area contributed by atoms with Crippen molar-refractivity contribution < 1.29 is 8.48 Å². The van der Waals surface area contributed by atoms with E-state index in [1.165, 1.54) is 38.2 Å². The number of nitrogens with zero attached hydrogens (tertiary/aromatic N) is 4. The summed E-state index contributed by atoms with van der Waals surface area (Å²) < 4.78 is 11.6. The predicted molar refractivity (Wildman–Crippen MR) is 201 cm³/mol. The Balaban J connectivity index is 0.000000471. The maximum Gasteiger partial charge on any atom is -0.0398 e. The quantitative estimate of drug-likeness (QED) is 0.190. The van der Waals surface area contributed by atoms with Crippen LogP contribution in [-0.4, -0.2) is 59.0 Å². The van der Waals surface area contributed by atoms with Crippen LogP contribution in [-0.2, 0) is 0 Å². The van der Waals surface area contributed by atoms with Gasteiger partial charge in [0.25, 0.3) is 0 Å². The van der Waals surface area contributed by atoms with Crippen molar-refractivity contribution in [3.8, 4) is 0 Å². The summed E-state index contributed by atoms with van der Waals surface area (Å²) in [5.41, 5.74) is -0.473. The van der Waals surface area contributed by atoms with Crippen LogP contribution in [0.3, 0.4) is 0 Å². The maximum atomic E-state index is 2.91. The van der Waals surface area contributed by atoms with Crippen LogP contribution < -0.4 is 0 Å². The van der Waals surface area contributed by atoms with Gasteiger partial charge in [0.1, 0.15) is 0 Å². The largest absolute Gasteiger partial charge is 0.0622 e. The first-order valence-electron chi connectivity index (χ1n) is 16.8. The van der Waals surface area contributed by atoms with Crippen LogP contribution in [0.15, 0.2) is 125 Å². The molecule has 0 radical (unpaired) electrons. The van der Waals surface area contributed by atoms with Crippen LogP contribution >= 0.6 is 22.4 Å². The second-order valence-corrected chi connectivity index (χ2v) is 27.6. The Labute approximate surface area is 284 Å². The van der Waals surface area contributed by atoms with E-state index in [-0.39, 0.29) is 0 Å². The average Bonchev–Trinajstić information content (AvgIpc) is 3.37. The molecule has 4 aromatic rings. The van der Waals surface area contributed by atoms with E-state index in [2.05, 4.69) is 199 Å². The molecule has 3 aliphatic heterocycles. The second kappa shape index (κ2) is 11.5. The third kappa shape index (κ3) is 4.07. The molecule has 0 unspecified atom stereocenters. The van der Waals surface area contributed by atoms with Crippen molar-refractivity contribution in [2.24, 2.45) is 0 Å². The standard InChI is InChI=1S/C32H42N4S2Si.C7H8/c1-23(2)33-31(27-17-11-9-12-18-27)34(24(3)4)39(33,37-29-21-15-16-22-30(29)38-39)35(25(5)6)32(36(39)26(7)8)28-19-13-10-14-20-28;1-7-5-3-2-4-6-7/h9-26H,1-8H3;2-6H,1H3. The van der Waals surface area contributed by atoms with Crippen molar-refractivity contribution in [1.29, 1.82) is 0 Å². The van der Waals surface area contributed by atoms with Gasteiger partial charge in [0.05, 0.1) is 0 Å². The summed E-state index contributed by atoms with van der Waals surface area (Å²) >= 11 is 4.37. The number of aryl methyl sites for hydroxylation is 1. The van der Waals surface area contributed by atoms with Crippen LogP contribution in [0.5, 0.6) is 0 Å². The normalized spacial score (nSPS) is 20.2. The molecule has 0 saturated heterocycles. The Bertz CT molecular complexity index is 1700. The molecule has 0 aromatic heterocycles. The zero-order valence-electron chi connectivity index (χ0n) is 28.9. The zero-order chi connectivity index (χ0) is 32.9. The number of fused-ring (bicyclic) bond motifs is 1. The minimum Gasteiger partial charge on any atom is -0.0622 e. The second-order valence-electron chi connectivity index (χ2n) is 14.0. The predicted octanol–water partition coefficient (Wildman–Crippen LogP) is 9.40. The molecule has 0 saturated carbocycles. The molecule has 1 spiro atoms. The molecule has 4 nitrogen and oxygen atoms in total. The van der Waals surface area contributed by atoms with E-state index < -0.39 is 5.57 Å². The van der Waals surface area contributed by atoms with Gasteiger partial charge in [-0.3, -0.25) is 0 Å². The molecular weight excluding hydrogens is 617 g/mol. The molecule has 0 aliphatic carbocycles. The smallest absolute Gasteiger partial charge is 0.0398 e. The Hall–Kier alpha value is -3.26. The zero-order valence-corrected chi connectivity index (χ0v) is 31.5. The van der Waals surface area contributed by atoms with E-state index >= 15 is 0 Å². The van der Waals surface area contributed by atoms with Crippen LogP contribution in [0.4, 0.5) is 0 Å². The first-order valence-corrected chi connectivity index (χ1v) is 22.7. The van der Waals surface area contributed by atoms with Crippen molar-refractivity contribution >= 4 is 39.7 Å². The summed E-state index contributed by atoms with van der Waals surface area (Å²) in [5.74, 6) is 2.72. The van der Waals surface area contributed by atoms with Crippen molar-refractivity contribution in [2.45, 2.75) is 96.3 Å². The number of hydrogen-bond acceptors (Lipinski definition) is 4. The molecule has 4 aromatic carbocycles. The average molecular weight is 667 g/mol. The monoisotopic (exact) mass is 666 g/mol. The van der Waals surface area contributed by atoms with E-state index in [4.69, 9.17) is 0 Å². The molecule has 242 valence electrons. The first kappa shape index (κ1) is 32.7. The summed E-state index contributed by atoms with van der Waals surface area (Å²) in [6, 6.07) is 42.8.